The van der Waals surface area contributed by atoms with Gasteiger partial charge in [0, 0.05) is 7.05 Å². The summed E-state index contributed by atoms with van der Waals surface area (Å²) in [7, 11) is 1.30. The highest BCUT2D eigenvalue weighted by molar-refractivity contribution is 5.75. The molecule has 84 valence electrons. The van der Waals surface area contributed by atoms with Crippen molar-refractivity contribution in [1.82, 2.24) is 19.7 Å². The summed E-state index contributed by atoms with van der Waals surface area (Å²) < 4.78 is 25.1. The van der Waals surface area contributed by atoms with E-state index in [4.69, 9.17) is 5.73 Å². The van der Waals surface area contributed by atoms with Crippen LogP contribution in [0.4, 0.5) is 14.7 Å². The molecule has 0 aliphatic heterocycles. The fraction of sp³-hybridized carbons (Fsp3) is 0.571. The van der Waals surface area contributed by atoms with Crippen LogP contribution in [-0.2, 0) is 11.3 Å². The number of likely N-dealkylation sites (N-methyl/N-ethyl adjacent to an activating group) is 1. The molecule has 1 aromatic rings. The van der Waals surface area contributed by atoms with Gasteiger partial charge in [-0.1, -0.05) is 0 Å². The van der Waals surface area contributed by atoms with Gasteiger partial charge in [-0.25, -0.2) is 18.4 Å². The highest BCUT2D eigenvalue weighted by Crippen LogP contribution is 1.98. The van der Waals surface area contributed by atoms with Crippen molar-refractivity contribution >= 4 is 11.9 Å². The summed E-state index contributed by atoms with van der Waals surface area (Å²) in [6.07, 6.45) is -1.27. The number of hydrogen-bond acceptors (Lipinski definition) is 4. The van der Waals surface area contributed by atoms with Crippen molar-refractivity contribution in [2.24, 2.45) is 0 Å². The Balaban J connectivity index is 2.48. The Morgan fingerprint density at radius 1 is 1.73 bits per heavy atom. The van der Waals surface area contributed by atoms with E-state index in [1.807, 2.05) is 0 Å². The molecule has 8 heteroatoms. The van der Waals surface area contributed by atoms with Gasteiger partial charge < -0.3 is 10.6 Å². The van der Waals surface area contributed by atoms with E-state index in [0.717, 1.165) is 4.90 Å². The molecule has 0 atom stereocenters. The number of amides is 1. The molecule has 15 heavy (non-hydrogen) atoms. The van der Waals surface area contributed by atoms with E-state index >= 15 is 0 Å². The molecule has 0 aliphatic carbocycles. The summed E-state index contributed by atoms with van der Waals surface area (Å²) in [6, 6.07) is 0. The van der Waals surface area contributed by atoms with Gasteiger partial charge in [-0.05, 0) is 0 Å². The molecule has 0 aliphatic rings. The summed E-state index contributed by atoms with van der Waals surface area (Å²) in [5.74, 6) is -0.431. The lowest BCUT2D eigenvalue weighted by atomic mass is 10.5. The number of nitrogens with zero attached hydrogens (tertiary/aromatic N) is 4. The molecule has 1 amide bonds. The average molecular weight is 219 g/mol. The summed E-state index contributed by atoms with van der Waals surface area (Å²) in [6.45, 7) is -0.740. The molecule has 0 saturated carbocycles. The first-order valence-electron chi connectivity index (χ1n) is 4.16. The minimum absolute atomic E-state index is 0.0410. The standard InChI is InChI=1S/C7H11F2N5O/c1-13(2-5(8)9)6(15)3-14-4-11-7(10)12-14/h4-5H,2-3H2,1H3,(H2,10,12). The highest BCUT2D eigenvalue weighted by atomic mass is 19.3. The number of nitrogens with two attached hydrogens (primary N) is 1. The number of aromatic nitrogens is 3. The van der Waals surface area contributed by atoms with Gasteiger partial charge in [0.25, 0.3) is 6.43 Å². The summed E-state index contributed by atoms with van der Waals surface area (Å²) >= 11 is 0. The molecule has 2 N–H and O–H groups in total. The molecule has 0 unspecified atom stereocenters. The second-order valence-electron chi connectivity index (χ2n) is 2.97. The number of nitrogen functional groups attached to an aromatic ring is 1. The van der Waals surface area contributed by atoms with Crippen molar-refractivity contribution in [1.29, 1.82) is 0 Å². The van der Waals surface area contributed by atoms with Crippen LogP contribution in [0.5, 0.6) is 0 Å². The molecule has 6 nitrogen and oxygen atoms in total. The van der Waals surface area contributed by atoms with E-state index in [9.17, 15) is 13.6 Å². The molecule has 0 fully saturated rings. The zero-order valence-electron chi connectivity index (χ0n) is 8.10. The fourth-order valence-corrected chi connectivity index (χ4v) is 0.953. The first-order valence-corrected chi connectivity index (χ1v) is 4.16. The molecule has 0 aromatic carbocycles. The maximum absolute atomic E-state index is 11.9. The molecule has 0 spiro atoms. The normalized spacial score (nSPS) is 10.7. The van der Waals surface area contributed by atoms with E-state index in [2.05, 4.69) is 10.1 Å². The molecular weight excluding hydrogens is 208 g/mol. The third-order valence-corrected chi connectivity index (χ3v) is 1.69. The topological polar surface area (TPSA) is 77.0 Å². The van der Waals surface area contributed by atoms with Crippen LogP contribution in [0.1, 0.15) is 0 Å². The predicted octanol–water partition coefficient (Wildman–Crippen LogP) is -0.416. The Morgan fingerprint density at radius 2 is 2.40 bits per heavy atom. The van der Waals surface area contributed by atoms with Crippen LogP contribution >= 0.6 is 0 Å². The van der Waals surface area contributed by atoms with Crippen LogP contribution in [0.2, 0.25) is 0 Å². The predicted molar refractivity (Wildman–Crippen MR) is 48.1 cm³/mol. The average Bonchev–Trinajstić information content (AvgIpc) is 2.50. The number of carbonyl (C=O) groups is 1. The van der Waals surface area contributed by atoms with Crippen molar-refractivity contribution in [2.45, 2.75) is 13.0 Å². The van der Waals surface area contributed by atoms with Crippen LogP contribution < -0.4 is 5.73 Å². The first-order chi connectivity index (χ1) is 6.99. The highest BCUT2D eigenvalue weighted by Gasteiger charge is 2.14. The second-order valence-corrected chi connectivity index (χ2v) is 2.97. The smallest absolute Gasteiger partial charge is 0.255 e. The van der Waals surface area contributed by atoms with Gasteiger partial charge >= 0.3 is 0 Å². The molecule has 0 saturated heterocycles. The van der Waals surface area contributed by atoms with Crippen molar-refractivity contribution in [3.63, 3.8) is 0 Å². The van der Waals surface area contributed by atoms with Gasteiger partial charge in [-0.2, -0.15) is 0 Å². The lowest BCUT2D eigenvalue weighted by Crippen LogP contribution is -2.34. The Labute approximate surface area is 84.7 Å². The molecular formula is C7H11F2N5O. The number of halogens is 2. The number of alkyl halides is 2. The lowest BCUT2D eigenvalue weighted by molar-refractivity contribution is -0.132. The van der Waals surface area contributed by atoms with Gasteiger partial charge in [-0.3, -0.25) is 4.79 Å². The van der Waals surface area contributed by atoms with Crippen LogP contribution in [-0.4, -0.2) is 45.6 Å². The van der Waals surface area contributed by atoms with Crippen molar-refractivity contribution in [3.05, 3.63) is 6.33 Å². The molecule has 1 rings (SSSR count). The fourth-order valence-electron chi connectivity index (χ4n) is 0.953. The van der Waals surface area contributed by atoms with Gasteiger partial charge in [0.15, 0.2) is 0 Å². The first kappa shape index (κ1) is 11.3. The Hall–Kier alpha value is -1.73. The van der Waals surface area contributed by atoms with Gasteiger partial charge in [0.2, 0.25) is 11.9 Å². The Bertz CT molecular complexity index is 340. The zero-order chi connectivity index (χ0) is 11.4. The minimum atomic E-state index is -2.54. The number of rotatable bonds is 4. The summed E-state index contributed by atoms with van der Waals surface area (Å²) in [4.78, 5) is 15.9. The van der Waals surface area contributed by atoms with Crippen LogP contribution in [0.3, 0.4) is 0 Å². The molecule has 0 radical (unpaired) electrons. The van der Waals surface area contributed by atoms with Crippen molar-refractivity contribution in [2.75, 3.05) is 19.3 Å². The Kier molecular flexibility index (Phi) is 3.53. The quantitative estimate of drug-likeness (QED) is 0.746. The monoisotopic (exact) mass is 219 g/mol. The maximum Gasteiger partial charge on any atom is 0.255 e. The van der Waals surface area contributed by atoms with Gasteiger partial charge in [-0.15, -0.1) is 5.10 Å². The largest absolute Gasteiger partial charge is 0.367 e. The van der Waals surface area contributed by atoms with Crippen LogP contribution in [0, 0.1) is 0 Å². The molecule has 1 heterocycles. The third-order valence-electron chi connectivity index (χ3n) is 1.69. The number of anilines is 1. The third kappa shape index (κ3) is 3.49. The minimum Gasteiger partial charge on any atom is -0.367 e. The zero-order valence-corrected chi connectivity index (χ0v) is 8.10. The van der Waals surface area contributed by atoms with Gasteiger partial charge in [0.1, 0.15) is 12.9 Å². The molecule has 0 bridgehead atoms. The van der Waals surface area contributed by atoms with E-state index in [1.54, 1.807) is 0 Å². The molecule has 1 aromatic heterocycles. The Morgan fingerprint density at radius 3 is 2.87 bits per heavy atom. The SMILES string of the molecule is CN(CC(F)F)C(=O)Cn1cnc(N)n1. The van der Waals surface area contributed by atoms with Crippen LogP contribution in [0.25, 0.3) is 0 Å². The van der Waals surface area contributed by atoms with Crippen LogP contribution in [0.15, 0.2) is 6.33 Å². The number of carbonyl (C=O) groups excluding carboxylic acids is 1. The lowest BCUT2D eigenvalue weighted by Gasteiger charge is -2.15. The maximum atomic E-state index is 11.9. The summed E-state index contributed by atoms with van der Waals surface area (Å²) in [5.41, 5.74) is 5.22. The second kappa shape index (κ2) is 4.67. The van der Waals surface area contributed by atoms with E-state index in [1.165, 1.54) is 18.1 Å². The van der Waals surface area contributed by atoms with Crippen molar-refractivity contribution in [3.8, 4) is 0 Å². The van der Waals surface area contributed by atoms with Gasteiger partial charge in [0.05, 0.1) is 6.54 Å². The van der Waals surface area contributed by atoms with E-state index in [0.29, 0.717) is 0 Å². The number of hydrogen-bond donors (Lipinski definition) is 1. The van der Waals surface area contributed by atoms with E-state index < -0.39 is 18.9 Å². The van der Waals surface area contributed by atoms with E-state index in [-0.39, 0.29) is 12.5 Å². The summed E-state index contributed by atoms with van der Waals surface area (Å²) in [5, 5.41) is 3.66. The van der Waals surface area contributed by atoms with Crippen molar-refractivity contribution < 1.29 is 13.6 Å².